The minimum Gasteiger partial charge on any atom is -0.383 e. The van der Waals surface area contributed by atoms with Crippen LogP contribution in [0.2, 0.25) is 0 Å². The average molecular weight is 532 g/mol. The van der Waals surface area contributed by atoms with Crippen LogP contribution in [-0.2, 0) is 19.1 Å². The maximum absolute atomic E-state index is 14.4. The first-order chi connectivity index (χ1) is 18.2. The fourth-order valence-electron chi connectivity index (χ4n) is 5.61. The Morgan fingerprint density at radius 2 is 1.76 bits per heavy atom. The monoisotopic (exact) mass is 531 g/mol. The zero-order valence-electron chi connectivity index (χ0n) is 21.5. The van der Waals surface area contributed by atoms with Gasteiger partial charge in [0.1, 0.15) is 29.6 Å². The average Bonchev–Trinajstić information content (AvgIpc) is 3.57. The van der Waals surface area contributed by atoms with E-state index in [1.165, 1.54) is 25.2 Å². The molecule has 0 atom stereocenters. The number of rotatable bonds is 7. The lowest BCUT2D eigenvalue weighted by Crippen LogP contribution is -2.35. The zero-order chi connectivity index (χ0) is 26.9. The van der Waals surface area contributed by atoms with Gasteiger partial charge in [-0.3, -0.25) is 0 Å². The predicted molar refractivity (Wildman–Crippen MR) is 138 cm³/mol. The van der Waals surface area contributed by atoms with Crippen LogP contribution in [0.5, 0.6) is 0 Å². The normalized spacial score (nSPS) is 17.4. The number of anilines is 2. The van der Waals surface area contributed by atoms with Gasteiger partial charge >= 0.3 is 6.18 Å². The van der Waals surface area contributed by atoms with Gasteiger partial charge in [0.2, 0.25) is 0 Å². The number of piperidine rings is 1. The fraction of sp³-hybridized carbons (Fsp3) is 0.519. The molecule has 3 aromatic rings. The van der Waals surface area contributed by atoms with E-state index in [2.05, 4.69) is 24.3 Å². The van der Waals surface area contributed by atoms with Gasteiger partial charge in [-0.1, -0.05) is 13.0 Å². The van der Waals surface area contributed by atoms with E-state index in [1.54, 1.807) is 0 Å². The number of alkyl halides is 3. The molecule has 38 heavy (non-hydrogen) atoms. The lowest BCUT2D eigenvalue weighted by atomic mass is 9.95. The molecule has 4 heterocycles. The van der Waals surface area contributed by atoms with Crippen molar-refractivity contribution in [1.82, 2.24) is 24.4 Å². The van der Waals surface area contributed by atoms with E-state index >= 15 is 0 Å². The molecule has 2 aliphatic heterocycles. The van der Waals surface area contributed by atoms with Crippen molar-refractivity contribution in [2.24, 2.45) is 0 Å². The summed E-state index contributed by atoms with van der Waals surface area (Å²) in [5.41, 5.74) is 6.60. The number of hydrogen-bond donors (Lipinski definition) is 1. The molecule has 0 amide bonds. The van der Waals surface area contributed by atoms with Crippen molar-refractivity contribution in [3.8, 4) is 11.3 Å². The number of nitrogen functional groups attached to an aromatic ring is 1. The van der Waals surface area contributed by atoms with Crippen molar-refractivity contribution in [1.29, 1.82) is 0 Å². The molecule has 2 saturated heterocycles. The summed E-state index contributed by atoms with van der Waals surface area (Å²) in [7, 11) is 0. The van der Waals surface area contributed by atoms with E-state index in [9.17, 15) is 17.6 Å². The molecule has 0 bridgehead atoms. The van der Waals surface area contributed by atoms with Gasteiger partial charge in [-0.25, -0.2) is 19.3 Å². The summed E-state index contributed by atoms with van der Waals surface area (Å²) in [6.45, 7) is 7.34. The maximum Gasteiger partial charge on any atom is 0.419 e. The third-order valence-corrected chi connectivity index (χ3v) is 7.70. The molecule has 0 unspecified atom stereocenters. The number of nitrogens with zero attached hydrogens (tertiary/aromatic N) is 6. The maximum atomic E-state index is 14.4. The van der Waals surface area contributed by atoms with E-state index in [0.717, 1.165) is 87.9 Å². The fourth-order valence-corrected chi connectivity index (χ4v) is 5.61. The molecule has 7 nitrogen and oxygen atoms in total. The van der Waals surface area contributed by atoms with Gasteiger partial charge in [0.05, 0.1) is 11.3 Å². The molecule has 2 N–H and O–H groups in total. The molecule has 0 aliphatic carbocycles. The Labute approximate surface area is 219 Å². The predicted octanol–water partition coefficient (Wildman–Crippen LogP) is 5.12. The molecule has 5 rings (SSSR count). The van der Waals surface area contributed by atoms with E-state index in [1.807, 2.05) is 13.1 Å². The van der Waals surface area contributed by atoms with Crippen molar-refractivity contribution in [2.45, 2.75) is 57.7 Å². The van der Waals surface area contributed by atoms with Crippen molar-refractivity contribution < 1.29 is 17.6 Å². The molecule has 0 saturated carbocycles. The second-order valence-electron chi connectivity index (χ2n) is 10.1. The van der Waals surface area contributed by atoms with Crippen LogP contribution in [0.15, 0.2) is 30.7 Å². The lowest BCUT2D eigenvalue weighted by molar-refractivity contribution is -0.139. The van der Waals surface area contributed by atoms with Gasteiger partial charge in [0, 0.05) is 49.4 Å². The Morgan fingerprint density at radius 1 is 1.03 bits per heavy atom. The van der Waals surface area contributed by atoms with Crippen molar-refractivity contribution in [3.63, 3.8) is 0 Å². The number of hydrogen-bond acceptors (Lipinski definition) is 6. The van der Waals surface area contributed by atoms with Crippen LogP contribution in [0, 0.1) is 5.82 Å². The molecule has 2 aromatic heterocycles. The Balaban J connectivity index is 1.39. The highest BCUT2D eigenvalue weighted by Gasteiger charge is 2.34. The summed E-state index contributed by atoms with van der Waals surface area (Å²) in [5.74, 6) is 1.16. The van der Waals surface area contributed by atoms with Crippen LogP contribution in [0.4, 0.5) is 29.2 Å². The zero-order valence-corrected chi connectivity index (χ0v) is 21.5. The first-order valence-electron chi connectivity index (χ1n) is 13.3. The summed E-state index contributed by atoms with van der Waals surface area (Å²) in [6, 6.07) is 3.04. The number of halogens is 4. The van der Waals surface area contributed by atoms with E-state index in [4.69, 9.17) is 10.7 Å². The van der Waals surface area contributed by atoms with Crippen molar-refractivity contribution >= 4 is 11.6 Å². The van der Waals surface area contributed by atoms with Gasteiger partial charge in [-0.05, 0) is 57.3 Å². The number of aromatic nitrogens is 4. The first-order valence-corrected chi connectivity index (χ1v) is 13.3. The van der Waals surface area contributed by atoms with E-state index < -0.39 is 17.6 Å². The number of imidazole rings is 1. The molecule has 204 valence electrons. The molecule has 0 radical (unpaired) electrons. The van der Waals surface area contributed by atoms with Crippen LogP contribution >= 0.6 is 0 Å². The smallest absolute Gasteiger partial charge is 0.383 e. The standard InChI is InChI=1S/C27H33F4N7/c1-2-20-24(32)33-17-34-26(20)37-11-7-18(8-12-37)25-35-23(16-38(25)14-13-36-9-3-4-10-36)19-5-6-21(22(28)15-19)27(29,30)31/h5-6,15-18H,2-4,7-14H2,1H3,(H2,32,33,34). The number of benzene rings is 1. The highest BCUT2D eigenvalue weighted by Crippen LogP contribution is 2.36. The Hall–Kier alpha value is -3.21. The summed E-state index contributed by atoms with van der Waals surface area (Å²) >= 11 is 0. The molecule has 11 heteroatoms. The van der Waals surface area contributed by atoms with Gasteiger partial charge < -0.3 is 20.1 Å². The van der Waals surface area contributed by atoms with Crippen LogP contribution in [0.1, 0.15) is 55.5 Å². The number of nitrogens with two attached hydrogens (primary N) is 1. The van der Waals surface area contributed by atoms with Crippen LogP contribution in [-0.4, -0.2) is 57.1 Å². The van der Waals surface area contributed by atoms with E-state index in [-0.39, 0.29) is 5.92 Å². The van der Waals surface area contributed by atoms with Crippen LogP contribution in [0.25, 0.3) is 11.3 Å². The third kappa shape index (κ3) is 5.48. The summed E-state index contributed by atoms with van der Waals surface area (Å²) < 4.78 is 55.7. The lowest BCUT2D eigenvalue weighted by Gasteiger charge is -2.34. The van der Waals surface area contributed by atoms with Gasteiger partial charge in [0.15, 0.2) is 0 Å². The molecular weight excluding hydrogens is 498 g/mol. The Morgan fingerprint density at radius 3 is 2.42 bits per heavy atom. The Bertz CT molecular complexity index is 1260. The third-order valence-electron chi connectivity index (χ3n) is 7.70. The topological polar surface area (TPSA) is 76.1 Å². The van der Waals surface area contributed by atoms with Crippen molar-refractivity contribution in [2.75, 3.05) is 43.4 Å². The van der Waals surface area contributed by atoms with Crippen LogP contribution in [0.3, 0.4) is 0 Å². The quantitative estimate of drug-likeness (QED) is 0.427. The first kappa shape index (κ1) is 26.4. The summed E-state index contributed by atoms with van der Waals surface area (Å²) in [4.78, 5) is 18.1. The van der Waals surface area contributed by atoms with Crippen LogP contribution < -0.4 is 10.6 Å². The molecular formula is C27H33F4N7. The van der Waals surface area contributed by atoms with E-state index in [0.29, 0.717) is 17.1 Å². The summed E-state index contributed by atoms with van der Waals surface area (Å²) in [5, 5.41) is 0. The minimum atomic E-state index is -4.73. The second-order valence-corrected chi connectivity index (χ2v) is 10.1. The van der Waals surface area contributed by atoms with Crippen molar-refractivity contribution in [3.05, 3.63) is 53.5 Å². The SMILES string of the molecule is CCc1c(N)ncnc1N1CCC(c2nc(-c3ccc(C(F)(F)F)c(F)c3)cn2CCN2CCCC2)CC1. The number of likely N-dealkylation sites (tertiary alicyclic amines) is 1. The molecule has 2 aliphatic rings. The van der Waals surface area contributed by atoms with Gasteiger partial charge in [-0.15, -0.1) is 0 Å². The molecule has 2 fully saturated rings. The molecule has 0 spiro atoms. The Kier molecular flexibility index (Phi) is 7.56. The largest absolute Gasteiger partial charge is 0.419 e. The minimum absolute atomic E-state index is 0.169. The molecule has 1 aromatic carbocycles. The highest BCUT2D eigenvalue weighted by molar-refractivity contribution is 5.60. The second kappa shape index (κ2) is 10.9. The van der Waals surface area contributed by atoms with Gasteiger partial charge in [0.25, 0.3) is 0 Å². The summed E-state index contributed by atoms with van der Waals surface area (Å²) in [6.07, 6.45) is 3.44. The highest BCUT2D eigenvalue weighted by atomic mass is 19.4. The van der Waals surface area contributed by atoms with Gasteiger partial charge in [-0.2, -0.15) is 13.2 Å².